The first-order chi connectivity index (χ1) is 21.3. The number of amides is 2. The third-order valence-corrected chi connectivity index (χ3v) is 14.5. The van der Waals surface area contributed by atoms with Gasteiger partial charge in [0.15, 0.2) is 6.29 Å². The van der Waals surface area contributed by atoms with Crippen LogP contribution in [0.3, 0.4) is 0 Å². The van der Waals surface area contributed by atoms with Crippen LogP contribution in [0.5, 0.6) is 0 Å². The zero-order valence-electron chi connectivity index (χ0n) is 27.2. The Bertz CT molecular complexity index is 1190. The highest BCUT2D eigenvalue weighted by atomic mass is 16.7. The highest BCUT2D eigenvalue weighted by Gasteiger charge is 2.79. The Kier molecular flexibility index (Phi) is 7.42. The van der Waals surface area contributed by atoms with Crippen molar-refractivity contribution >= 4 is 12.0 Å². The lowest BCUT2D eigenvalue weighted by Gasteiger charge is -2.56. The lowest BCUT2D eigenvalue weighted by Crippen LogP contribution is -2.51. The maximum atomic E-state index is 12.8. The van der Waals surface area contributed by atoms with E-state index in [1.165, 1.54) is 69.8 Å². The molecule has 8 heteroatoms. The van der Waals surface area contributed by atoms with Gasteiger partial charge in [0.2, 0.25) is 5.91 Å². The molecule has 1 N–H and O–H groups in total. The highest BCUT2D eigenvalue weighted by molar-refractivity contribution is 5.76. The molecule has 8 fully saturated rings. The van der Waals surface area contributed by atoms with Crippen molar-refractivity contribution in [3.63, 3.8) is 0 Å². The van der Waals surface area contributed by atoms with E-state index >= 15 is 0 Å². The molecule has 0 bridgehead atoms. The minimum Gasteiger partial charge on any atom is -0.447 e. The van der Waals surface area contributed by atoms with E-state index in [-0.39, 0.29) is 30.5 Å². The predicted molar refractivity (Wildman–Crippen MR) is 164 cm³/mol. The molecule has 8 nitrogen and oxygen atoms in total. The van der Waals surface area contributed by atoms with Crippen LogP contribution in [0.25, 0.3) is 0 Å². The highest BCUT2D eigenvalue weighted by Crippen LogP contribution is 2.86. The molecule has 2 heterocycles. The van der Waals surface area contributed by atoms with E-state index in [9.17, 15) is 9.59 Å². The van der Waals surface area contributed by atoms with Gasteiger partial charge in [-0.25, -0.2) is 4.79 Å². The minimum absolute atomic E-state index is 0.0262. The van der Waals surface area contributed by atoms with E-state index in [0.29, 0.717) is 72.8 Å². The smallest absolute Gasteiger partial charge is 0.406 e. The molecule has 0 radical (unpaired) electrons. The maximum absolute atomic E-state index is 12.8. The summed E-state index contributed by atoms with van der Waals surface area (Å²) in [6, 6.07) is 0. The first-order valence-corrected chi connectivity index (χ1v) is 18.0. The fourth-order valence-electron chi connectivity index (χ4n) is 12.2. The standard InChI is InChI=1S/C36H54N2O6/c1-4-24-25-9-10-26-28-18-30-27(8-7-23(43-30)20-42-33(40)37-3)34(28,2)13-14-36(26)21-35(25,36)12-11-29(24)44-32-19-38(15-16-41-32)31(39)17-22-5-6-22/h4,22-23,25-30,32H,5-21H2,1-3H3,(H,37,40)/b24-4+. The van der Waals surface area contributed by atoms with Crippen molar-refractivity contribution in [3.8, 4) is 0 Å². The Morgan fingerprint density at radius 2 is 1.86 bits per heavy atom. The number of ether oxygens (including phenoxy) is 4. The second-order valence-electron chi connectivity index (χ2n) is 16.1. The van der Waals surface area contributed by atoms with Crippen molar-refractivity contribution in [1.29, 1.82) is 0 Å². The number of fused-ring (bicyclic) bond motifs is 4. The molecular weight excluding hydrogens is 556 g/mol. The summed E-state index contributed by atoms with van der Waals surface area (Å²) >= 11 is 0. The van der Waals surface area contributed by atoms with Gasteiger partial charge in [0.1, 0.15) is 6.61 Å². The summed E-state index contributed by atoms with van der Waals surface area (Å²) in [4.78, 5) is 26.5. The van der Waals surface area contributed by atoms with Crippen LogP contribution in [-0.2, 0) is 23.7 Å². The Balaban J connectivity index is 0.933. The first kappa shape index (κ1) is 29.7. The van der Waals surface area contributed by atoms with Gasteiger partial charge in [0.05, 0.1) is 31.5 Å². The van der Waals surface area contributed by atoms with Crippen molar-refractivity contribution in [2.24, 2.45) is 45.8 Å². The number of nitrogens with zero attached hydrogens (tertiary/aromatic N) is 1. The summed E-state index contributed by atoms with van der Waals surface area (Å²) in [6.45, 7) is 7.03. The first-order valence-electron chi connectivity index (χ1n) is 18.0. The van der Waals surface area contributed by atoms with Gasteiger partial charge in [-0.05, 0) is 135 Å². The summed E-state index contributed by atoms with van der Waals surface area (Å²) in [5, 5.41) is 2.55. The Hall–Kier alpha value is -1.64. The van der Waals surface area contributed by atoms with Crippen LogP contribution in [0.4, 0.5) is 4.79 Å². The van der Waals surface area contributed by atoms with Crippen molar-refractivity contribution in [2.45, 2.75) is 122 Å². The summed E-state index contributed by atoms with van der Waals surface area (Å²) in [7, 11) is 1.61. The molecule has 0 aromatic heterocycles. The van der Waals surface area contributed by atoms with Crippen molar-refractivity contribution in [3.05, 3.63) is 11.6 Å². The predicted octanol–water partition coefficient (Wildman–Crippen LogP) is 5.84. The van der Waals surface area contributed by atoms with Gasteiger partial charge < -0.3 is 29.2 Å². The van der Waals surface area contributed by atoms with Crippen LogP contribution in [0, 0.1) is 45.8 Å². The molecule has 2 spiro atoms. The molecule has 6 saturated carbocycles. The number of carbonyl (C=O) groups excluding carboxylic acids is 2. The fraction of sp³-hybridized carbons (Fsp3) is 0.889. The van der Waals surface area contributed by atoms with E-state index < -0.39 is 0 Å². The molecule has 2 amide bonds. The molecule has 0 aromatic carbocycles. The average molecular weight is 611 g/mol. The number of hydrogen-bond donors (Lipinski definition) is 1. The Morgan fingerprint density at radius 1 is 1.02 bits per heavy atom. The molecule has 0 aromatic rings. The summed E-state index contributed by atoms with van der Waals surface area (Å²) < 4.78 is 24.9. The van der Waals surface area contributed by atoms with Gasteiger partial charge in [-0.3, -0.25) is 4.79 Å². The van der Waals surface area contributed by atoms with Gasteiger partial charge in [0, 0.05) is 20.0 Å². The normalized spacial score (nSPS) is 48.3. The monoisotopic (exact) mass is 610 g/mol. The second kappa shape index (κ2) is 11.0. The van der Waals surface area contributed by atoms with Crippen LogP contribution in [0.1, 0.15) is 97.3 Å². The molecule has 11 atom stereocenters. The molecule has 2 saturated heterocycles. The van der Waals surface area contributed by atoms with Gasteiger partial charge in [0.25, 0.3) is 0 Å². The number of carbonyl (C=O) groups is 2. The fourth-order valence-corrected chi connectivity index (χ4v) is 12.2. The number of hydrogen-bond acceptors (Lipinski definition) is 6. The van der Waals surface area contributed by atoms with Crippen molar-refractivity contribution < 1.29 is 28.5 Å². The second-order valence-corrected chi connectivity index (χ2v) is 16.1. The molecule has 6 aliphatic carbocycles. The number of rotatable bonds is 6. The van der Waals surface area contributed by atoms with E-state index in [4.69, 9.17) is 18.9 Å². The lowest BCUT2D eigenvalue weighted by molar-refractivity contribution is -0.205. The zero-order valence-corrected chi connectivity index (χ0v) is 27.2. The number of nitrogens with one attached hydrogen (secondary N) is 1. The average Bonchev–Trinajstić information content (AvgIpc) is 3.95. The summed E-state index contributed by atoms with van der Waals surface area (Å²) in [5.41, 5.74) is 2.82. The maximum Gasteiger partial charge on any atom is 0.406 e. The SMILES string of the molecule is C/C=C1/C(OC2CN(C(=O)CC3CC3)CCO2)CCC23CC24CCC2(C)C5CCC(COC(=O)NC)OC5CC2C4CCC13. The molecular formula is C36H54N2O6. The van der Waals surface area contributed by atoms with Gasteiger partial charge in [-0.15, -0.1) is 0 Å². The minimum atomic E-state index is -0.367. The molecule has 8 rings (SSSR count). The van der Waals surface area contributed by atoms with Crippen molar-refractivity contribution in [2.75, 3.05) is 33.4 Å². The molecule has 11 unspecified atom stereocenters. The third-order valence-electron chi connectivity index (χ3n) is 14.5. The van der Waals surface area contributed by atoms with Crippen LogP contribution in [-0.4, -0.2) is 74.9 Å². The van der Waals surface area contributed by atoms with E-state index in [1.807, 2.05) is 4.90 Å². The number of morpholine rings is 1. The van der Waals surface area contributed by atoms with E-state index in [0.717, 1.165) is 24.7 Å². The largest absolute Gasteiger partial charge is 0.447 e. The summed E-state index contributed by atoms with van der Waals surface area (Å²) in [5.74, 6) is 3.69. The van der Waals surface area contributed by atoms with Crippen LogP contribution < -0.4 is 5.32 Å². The van der Waals surface area contributed by atoms with Gasteiger partial charge in [-0.2, -0.15) is 0 Å². The number of allylic oxidation sites excluding steroid dienone is 1. The van der Waals surface area contributed by atoms with Gasteiger partial charge in [-0.1, -0.05) is 13.0 Å². The molecule has 8 aliphatic rings. The van der Waals surface area contributed by atoms with E-state index in [1.54, 1.807) is 7.05 Å². The lowest BCUT2D eigenvalue weighted by atomic mass is 9.49. The summed E-state index contributed by atoms with van der Waals surface area (Å²) in [6.07, 6.45) is 17.7. The van der Waals surface area contributed by atoms with Crippen molar-refractivity contribution in [1.82, 2.24) is 10.2 Å². The zero-order chi connectivity index (χ0) is 30.3. The van der Waals surface area contributed by atoms with Crippen LogP contribution in [0.2, 0.25) is 0 Å². The van der Waals surface area contributed by atoms with E-state index in [2.05, 4.69) is 25.2 Å². The molecule has 44 heavy (non-hydrogen) atoms. The third kappa shape index (κ3) is 4.62. The number of alkyl carbamates (subject to hydrolysis) is 1. The van der Waals surface area contributed by atoms with Crippen LogP contribution >= 0.6 is 0 Å². The topological polar surface area (TPSA) is 86.3 Å². The molecule has 2 aliphatic heterocycles. The quantitative estimate of drug-likeness (QED) is 0.381. The molecule has 244 valence electrons. The van der Waals surface area contributed by atoms with Crippen LogP contribution in [0.15, 0.2) is 11.6 Å². The van der Waals surface area contributed by atoms with Gasteiger partial charge >= 0.3 is 6.09 Å². The Morgan fingerprint density at radius 3 is 2.66 bits per heavy atom. The Labute approximate surface area is 263 Å².